The minimum Gasteiger partial charge on any atom is -0.493 e. The van der Waals surface area contributed by atoms with E-state index in [2.05, 4.69) is 18.8 Å². The number of ether oxygens (including phenoxy) is 2. The van der Waals surface area contributed by atoms with Gasteiger partial charge >= 0.3 is 0 Å². The van der Waals surface area contributed by atoms with Crippen LogP contribution in [0, 0.1) is 5.92 Å². The first-order chi connectivity index (χ1) is 13.0. The SMILES string of the molecule is COc1ccc(/C=C2\SC(=S)N(c3cccnc3)C2=O)cc1OCC(C)C. The van der Waals surface area contributed by atoms with Gasteiger partial charge in [-0.2, -0.15) is 0 Å². The molecule has 7 heteroatoms. The lowest BCUT2D eigenvalue weighted by atomic mass is 10.1. The van der Waals surface area contributed by atoms with Crippen LogP contribution in [-0.2, 0) is 4.79 Å². The zero-order chi connectivity index (χ0) is 19.4. The third kappa shape index (κ3) is 4.48. The summed E-state index contributed by atoms with van der Waals surface area (Å²) in [5.74, 6) is 1.56. The molecule has 2 aromatic rings. The van der Waals surface area contributed by atoms with E-state index in [0.29, 0.717) is 38.9 Å². The molecule has 5 nitrogen and oxygen atoms in total. The summed E-state index contributed by atoms with van der Waals surface area (Å²) < 4.78 is 11.7. The van der Waals surface area contributed by atoms with Gasteiger partial charge in [-0.25, -0.2) is 0 Å². The zero-order valence-corrected chi connectivity index (χ0v) is 17.0. The van der Waals surface area contributed by atoms with Crippen LogP contribution in [-0.4, -0.2) is 28.9 Å². The number of thioether (sulfide) groups is 1. The Morgan fingerprint density at radius 2 is 2.11 bits per heavy atom. The maximum absolute atomic E-state index is 12.8. The molecule has 1 aromatic carbocycles. The normalized spacial score (nSPS) is 15.7. The second-order valence-electron chi connectivity index (χ2n) is 6.34. The Bertz CT molecular complexity index is 882. The molecule has 1 aliphatic rings. The molecule has 1 fully saturated rings. The van der Waals surface area contributed by atoms with Gasteiger partial charge in [-0.1, -0.05) is 43.9 Å². The van der Waals surface area contributed by atoms with Crippen molar-refractivity contribution in [2.75, 3.05) is 18.6 Å². The molecule has 0 N–H and O–H groups in total. The van der Waals surface area contributed by atoms with Gasteiger partial charge in [-0.3, -0.25) is 14.7 Å². The Morgan fingerprint density at radius 3 is 2.78 bits per heavy atom. The molecule has 1 amide bonds. The summed E-state index contributed by atoms with van der Waals surface area (Å²) in [5.41, 5.74) is 1.51. The van der Waals surface area contributed by atoms with Gasteiger partial charge < -0.3 is 9.47 Å². The minimum atomic E-state index is -0.154. The van der Waals surface area contributed by atoms with Gasteiger partial charge in [-0.05, 0) is 41.8 Å². The minimum absolute atomic E-state index is 0.154. The third-order valence-electron chi connectivity index (χ3n) is 3.76. The van der Waals surface area contributed by atoms with Crippen LogP contribution in [0.4, 0.5) is 5.69 Å². The molecular weight excluding hydrogens is 380 g/mol. The summed E-state index contributed by atoms with van der Waals surface area (Å²) in [7, 11) is 1.61. The monoisotopic (exact) mass is 400 g/mol. The fourth-order valence-electron chi connectivity index (χ4n) is 2.48. The maximum atomic E-state index is 12.8. The number of carbonyl (C=O) groups excluding carboxylic acids is 1. The first kappa shape index (κ1) is 19.4. The molecule has 1 aliphatic heterocycles. The van der Waals surface area contributed by atoms with Crippen molar-refractivity contribution in [2.24, 2.45) is 5.92 Å². The number of anilines is 1. The van der Waals surface area contributed by atoms with Crippen molar-refractivity contribution < 1.29 is 14.3 Å². The molecule has 0 unspecified atom stereocenters. The van der Waals surface area contributed by atoms with Crippen LogP contribution in [0.25, 0.3) is 6.08 Å². The molecule has 0 spiro atoms. The molecule has 3 rings (SSSR count). The number of rotatable bonds is 6. The summed E-state index contributed by atoms with van der Waals surface area (Å²) in [6, 6.07) is 9.18. The van der Waals surface area contributed by atoms with E-state index in [1.807, 2.05) is 30.3 Å². The summed E-state index contributed by atoms with van der Waals surface area (Å²) in [6.45, 7) is 4.75. The molecule has 0 radical (unpaired) electrons. The van der Waals surface area contributed by atoms with Crippen LogP contribution >= 0.6 is 24.0 Å². The Balaban J connectivity index is 1.87. The lowest BCUT2D eigenvalue weighted by Crippen LogP contribution is -2.27. The highest BCUT2D eigenvalue weighted by Gasteiger charge is 2.33. The topological polar surface area (TPSA) is 51.7 Å². The standard InChI is InChI=1S/C20H20N2O3S2/c1-13(2)12-25-17-9-14(6-7-16(17)24-3)10-18-19(23)22(20(26)27-18)15-5-4-8-21-11-15/h4-11,13H,12H2,1-3H3/b18-10-. The summed E-state index contributed by atoms with van der Waals surface area (Å²) >= 11 is 6.66. The van der Waals surface area contributed by atoms with E-state index in [-0.39, 0.29) is 5.91 Å². The fourth-order valence-corrected chi connectivity index (χ4v) is 3.78. The fraction of sp³-hybridized carbons (Fsp3) is 0.250. The van der Waals surface area contributed by atoms with E-state index >= 15 is 0 Å². The number of hydrogen-bond acceptors (Lipinski definition) is 6. The lowest BCUT2D eigenvalue weighted by molar-refractivity contribution is -0.113. The van der Waals surface area contributed by atoms with E-state index in [1.165, 1.54) is 16.7 Å². The molecule has 0 saturated carbocycles. The smallest absolute Gasteiger partial charge is 0.270 e. The van der Waals surface area contributed by atoms with Crippen molar-refractivity contribution in [3.8, 4) is 11.5 Å². The van der Waals surface area contributed by atoms with Crippen molar-refractivity contribution in [3.05, 3.63) is 53.2 Å². The zero-order valence-electron chi connectivity index (χ0n) is 15.3. The number of carbonyl (C=O) groups is 1. The predicted octanol–water partition coefficient (Wildman–Crippen LogP) is 4.53. The van der Waals surface area contributed by atoms with E-state index < -0.39 is 0 Å². The van der Waals surface area contributed by atoms with Crippen LogP contribution in [0.15, 0.2) is 47.6 Å². The number of nitrogens with zero attached hydrogens (tertiary/aromatic N) is 2. The largest absolute Gasteiger partial charge is 0.493 e. The molecule has 140 valence electrons. The van der Waals surface area contributed by atoms with Crippen LogP contribution in [0.5, 0.6) is 11.5 Å². The first-order valence-electron chi connectivity index (χ1n) is 8.48. The highest BCUT2D eigenvalue weighted by molar-refractivity contribution is 8.27. The number of pyridine rings is 1. The van der Waals surface area contributed by atoms with E-state index in [4.69, 9.17) is 21.7 Å². The quantitative estimate of drug-likeness (QED) is 0.524. The molecule has 0 bridgehead atoms. The highest BCUT2D eigenvalue weighted by Crippen LogP contribution is 2.37. The number of thiocarbonyl (C=S) groups is 1. The van der Waals surface area contributed by atoms with E-state index in [0.717, 1.165) is 5.56 Å². The summed E-state index contributed by atoms with van der Waals surface area (Å²) in [4.78, 5) is 18.9. The second-order valence-corrected chi connectivity index (χ2v) is 8.02. The number of aromatic nitrogens is 1. The van der Waals surface area contributed by atoms with Crippen molar-refractivity contribution in [2.45, 2.75) is 13.8 Å². The van der Waals surface area contributed by atoms with Crippen molar-refractivity contribution >= 4 is 46.0 Å². The van der Waals surface area contributed by atoms with Gasteiger partial charge in [0.05, 0.1) is 30.5 Å². The second kappa shape index (κ2) is 8.54. The van der Waals surface area contributed by atoms with Crippen molar-refractivity contribution in [1.29, 1.82) is 0 Å². The molecule has 0 atom stereocenters. The molecule has 0 aliphatic carbocycles. The van der Waals surface area contributed by atoms with Crippen LogP contribution < -0.4 is 14.4 Å². The molecule has 27 heavy (non-hydrogen) atoms. The number of amides is 1. The Labute approximate surface area is 168 Å². The average molecular weight is 401 g/mol. The number of methoxy groups -OCH3 is 1. The highest BCUT2D eigenvalue weighted by atomic mass is 32.2. The molecular formula is C20H20N2O3S2. The summed E-state index contributed by atoms with van der Waals surface area (Å²) in [6.07, 6.45) is 5.10. The van der Waals surface area contributed by atoms with Gasteiger partial charge in [0.1, 0.15) is 0 Å². The number of benzene rings is 1. The Kier molecular flexibility index (Phi) is 6.13. The predicted molar refractivity (Wildman–Crippen MR) is 113 cm³/mol. The molecule has 1 aromatic heterocycles. The maximum Gasteiger partial charge on any atom is 0.270 e. The van der Waals surface area contributed by atoms with Gasteiger partial charge in [-0.15, -0.1) is 0 Å². The number of hydrogen-bond donors (Lipinski definition) is 0. The molecule has 1 saturated heterocycles. The average Bonchev–Trinajstić information content (AvgIpc) is 2.94. The van der Waals surface area contributed by atoms with Gasteiger partial charge in [0.15, 0.2) is 15.8 Å². The van der Waals surface area contributed by atoms with Crippen LogP contribution in [0.2, 0.25) is 0 Å². The van der Waals surface area contributed by atoms with Crippen LogP contribution in [0.1, 0.15) is 19.4 Å². The lowest BCUT2D eigenvalue weighted by Gasteiger charge is -2.13. The van der Waals surface area contributed by atoms with Crippen molar-refractivity contribution in [3.63, 3.8) is 0 Å². The Morgan fingerprint density at radius 1 is 1.30 bits per heavy atom. The molecule has 2 heterocycles. The van der Waals surface area contributed by atoms with E-state index in [1.54, 1.807) is 25.6 Å². The van der Waals surface area contributed by atoms with Crippen LogP contribution in [0.3, 0.4) is 0 Å². The van der Waals surface area contributed by atoms with Gasteiger partial charge in [0.25, 0.3) is 5.91 Å². The van der Waals surface area contributed by atoms with E-state index in [9.17, 15) is 4.79 Å². The first-order valence-corrected chi connectivity index (χ1v) is 9.71. The third-order valence-corrected chi connectivity index (χ3v) is 5.06. The van der Waals surface area contributed by atoms with Crippen molar-refractivity contribution in [1.82, 2.24) is 4.98 Å². The summed E-state index contributed by atoms with van der Waals surface area (Å²) in [5, 5.41) is 0. The Hall–Kier alpha value is -2.38. The van der Waals surface area contributed by atoms with Gasteiger partial charge in [0.2, 0.25) is 0 Å². The van der Waals surface area contributed by atoms with Gasteiger partial charge in [0, 0.05) is 6.20 Å².